The lowest BCUT2D eigenvalue weighted by Crippen LogP contribution is -2.08. The molecule has 2 aromatic rings. The first-order valence-electron chi connectivity index (χ1n) is 6.28. The van der Waals surface area contributed by atoms with Crippen LogP contribution in [0, 0.1) is 5.92 Å². The second-order valence-corrected chi connectivity index (χ2v) is 6.28. The van der Waals surface area contributed by atoms with Crippen molar-refractivity contribution < 1.29 is 9.90 Å². The summed E-state index contributed by atoms with van der Waals surface area (Å²) in [5, 5.41) is 10.6. The highest BCUT2D eigenvalue weighted by atomic mass is 32.2. The molecule has 2 rings (SSSR count). The lowest BCUT2D eigenvalue weighted by molar-refractivity contribution is 0.0693. The summed E-state index contributed by atoms with van der Waals surface area (Å²) in [6.07, 6.45) is 1.46. The van der Waals surface area contributed by atoms with Crippen molar-refractivity contribution in [1.82, 2.24) is 4.98 Å². The Morgan fingerprint density at radius 2 is 1.95 bits per heavy atom. The van der Waals surface area contributed by atoms with Gasteiger partial charge in [0.15, 0.2) is 0 Å². The van der Waals surface area contributed by atoms with Crippen LogP contribution in [0.15, 0.2) is 35.4 Å². The molecule has 0 amide bonds. The molecular formula is C15H17NO2S. The van der Waals surface area contributed by atoms with E-state index in [1.807, 2.05) is 24.3 Å². The third kappa shape index (κ3) is 2.89. The van der Waals surface area contributed by atoms with Crippen LogP contribution >= 0.6 is 11.8 Å². The quantitative estimate of drug-likeness (QED) is 0.854. The van der Waals surface area contributed by atoms with E-state index in [0.29, 0.717) is 11.2 Å². The molecule has 1 N–H and O–H groups in total. The van der Waals surface area contributed by atoms with Crippen molar-refractivity contribution in [2.75, 3.05) is 0 Å². The van der Waals surface area contributed by atoms with Crippen molar-refractivity contribution >= 4 is 28.6 Å². The van der Waals surface area contributed by atoms with E-state index in [2.05, 4.69) is 25.8 Å². The number of fused-ring (bicyclic) bond motifs is 1. The van der Waals surface area contributed by atoms with Crippen LogP contribution in [0.3, 0.4) is 0 Å². The van der Waals surface area contributed by atoms with E-state index in [1.165, 1.54) is 6.20 Å². The second-order valence-electron chi connectivity index (χ2n) is 4.89. The van der Waals surface area contributed by atoms with Gasteiger partial charge in [-0.15, -0.1) is 11.8 Å². The van der Waals surface area contributed by atoms with E-state index in [4.69, 9.17) is 0 Å². The molecule has 1 aromatic carbocycles. The third-order valence-corrected chi connectivity index (χ3v) is 4.79. The number of rotatable bonds is 4. The highest BCUT2D eigenvalue weighted by Crippen LogP contribution is 2.35. The van der Waals surface area contributed by atoms with Crippen LogP contribution in [-0.2, 0) is 0 Å². The van der Waals surface area contributed by atoms with Gasteiger partial charge in [-0.1, -0.05) is 39.0 Å². The van der Waals surface area contributed by atoms with Gasteiger partial charge in [-0.2, -0.15) is 0 Å². The van der Waals surface area contributed by atoms with Crippen molar-refractivity contribution in [2.24, 2.45) is 5.92 Å². The number of hydrogen-bond acceptors (Lipinski definition) is 3. The second kappa shape index (κ2) is 5.61. The van der Waals surface area contributed by atoms with Crippen LogP contribution in [0.1, 0.15) is 31.1 Å². The van der Waals surface area contributed by atoms with Gasteiger partial charge in [0.05, 0.1) is 11.1 Å². The normalized spacial score (nSPS) is 12.8. The topological polar surface area (TPSA) is 50.2 Å². The van der Waals surface area contributed by atoms with Crippen LogP contribution in [0.5, 0.6) is 0 Å². The Bertz CT molecular complexity index is 610. The van der Waals surface area contributed by atoms with Gasteiger partial charge in [0.25, 0.3) is 0 Å². The van der Waals surface area contributed by atoms with Crippen molar-refractivity contribution in [3.63, 3.8) is 0 Å². The minimum atomic E-state index is -0.920. The zero-order valence-electron chi connectivity index (χ0n) is 11.3. The van der Waals surface area contributed by atoms with Gasteiger partial charge in [-0.05, 0) is 12.0 Å². The molecular weight excluding hydrogens is 258 g/mol. The summed E-state index contributed by atoms with van der Waals surface area (Å²) in [7, 11) is 0. The molecule has 1 unspecified atom stereocenters. The number of thioether (sulfide) groups is 1. The molecule has 19 heavy (non-hydrogen) atoms. The number of nitrogens with zero attached hydrogens (tertiary/aromatic N) is 1. The van der Waals surface area contributed by atoms with Gasteiger partial charge in [0.1, 0.15) is 0 Å². The van der Waals surface area contributed by atoms with Crippen molar-refractivity contribution in [3.8, 4) is 0 Å². The molecule has 1 heterocycles. The van der Waals surface area contributed by atoms with Crippen LogP contribution < -0.4 is 0 Å². The molecule has 100 valence electrons. The summed E-state index contributed by atoms with van der Waals surface area (Å²) in [5.41, 5.74) is 1.13. The van der Waals surface area contributed by atoms with Crippen molar-refractivity contribution in [2.45, 2.75) is 30.9 Å². The van der Waals surface area contributed by atoms with E-state index in [-0.39, 0.29) is 5.56 Å². The molecule has 0 aliphatic rings. The summed E-state index contributed by atoms with van der Waals surface area (Å²) in [4.78, 5) is 16.4. The van der Waals surface area contributed by atoms with Gasteiger partial charge in [-0.3, -0.25) is 4.98 Å². The number of pyridine rings is 1. The Balaban J connectivity index is 2.59. The van der Waals surface area contributed by atoms with Crippen LogP contribution in [0.4, 0.5) is 0 Å². The lowest BCUT2D eigenvalue weighted by Gasteiger charge is -2.17. The molecule has 1 atom stereocenters. The molecule has 4 heteroatoms. The van der Waals surface area contributed by atoms with Crippen molar-refractivity contribution in [3.05, 3.63) is 36.0 Å². The Kier molecular flexibility index (Phi) is 4.10. The number of carboxylic acids is 1. The van der Waals surface area contributed by atoms with E-state index in [9.17, 15) is 9.90 Å². The Morgan fingerprint density at radius 3 is 2.58 bits per heavy atom. The summed E-state index contributed by atoms with van der Waals surface area (Å²) in [6.45, 7) is 6.40. The summed E-state index contributed by atoms with van der Waals surface area (Å²) < 4.78 is 0. The molecule has 0 aliphatic carbocycles. The smallest absolute Gasteiger partial charge is 0.338 e. The van der Waals surface area contributed by atoms with E-state index in [1.54, 1.807) is 11.8 Å². The van der Waals surface area contributed by atoms with E-state index < -0.39 is 5.97 Å². The first kappa shape index (κ1) is 13.9. The molecule has 3 nitrogen and oxygen atoms in total. The predicted octanol–water partition coefficient (Wildman–Crippen LogP) is 4.07. The fourth-order valence-electron chi connectivity index (χ4n) is 1.72. The average Bonchev–Trinajstić information content (AvgIpc) is 2.38. The fourth-order valence-corrected chi connectivity index (χ4v) is 2.93. The first-order chi connectivity index (χ1) is 9.00. The van der Waals surface area contributed by atoms with Gasteiger partial charge in [-0.25, -0.2) is 4.79 Å². The molecule has 0 saturated carbocycles. The summed E-state index contributed by atoms with van der Waals surface area (Å²) >= 11 is 1.62. The zero-order valence-corrected chi connectivity index (χ0v) is 12.1. The maximum absolute atomic E-state index is 11.4. The number of aromatic carboxylic acids is 1. The molecule has 0 spiro atoms. The fraction of sp³-hybridized carbons (Fsp3) is 0.333. The van der Waals surface area contributed by atoms with Gasteiger partial charge in [0.2, 0.25) is 0 Å². The van der Waals surface area contributed by atoms with Crippen LogP contribution in [0.2, 0.25) is 0 Å². The zero-order chi connectivity index (χ0) is 14.0. The first-order valence-corrected chi connectivity index (χ1v) is 7.16. The average molecular weight is 275 g/mol. The highest BCUT2D eigenvalue weighted by Gasteiger charge is 2.18. The largest absolute Gasteiger partial charge is 0.478 e. The molecule has 0 fully saturated rings. The maximum atomic E-state index is 11.4. The van der Waals surface area contributed by atoms with Crippen molar-refractivity contribution in [1.29, 1.82) is 0 Å². The maximum Gasteiger partial charge on any atom is 0.338 e. The monoisotopic (exact) mass is 275 g/mol. The van der Waals surface area contributed by atoms with Crippen LogP contribution in [-0.4, -0.2) is 21.3 Å². The predicted molar refractivity (Wildman–Crippen MR) is 78.9 cm³/mol. The molecule has 0 radical (unpaired) electrons. The lowest BCUT2D eigenvalue weighted by atomic mass is 10.1. The molecule has 1 aromatic heterocycles. The minimum absolute atomic E-state index is 0.288. The highest BCUT2D eigenvalue weighted by molar-refractivity contribution is 8.00. The SMILES string of the molecule is CC(C)C(C)Sc1c(C(=O)O)cnc2ccccc12. The molecule has 0 aliphatic heterocycles. The Labute approximate surface area is 117 Å². The number of carboxylic acid groups (broad SMARTS) is 1. The number of benzene rings is 1. The molecule has 0 saturated heterocycles. The van der Waals surface area contributed by atoms with Gasteiger partial charge < -0.3 is 5.11 Å². The van der Waals surface area contributed by atoms with E-state index >= 15 is 0 Å². The number of carbonyl (C=O) groups is 1. The van der Waals surface area contributed by atoms with Crippen LogP contribution in [0.25, 0.3) is 10.9 Å². The van der Waals surface area contributed by atoms with Gasteiger partial charge >= 0.3 is 5.97 Å². The van der Waals surface area contributed by atoms with Gasteiger partial charge in [0, 0.05) is 21.7 Å². The van der Waals surface area contributed by atoms with E-state index in [0.717, 1.165) is 15.8 Å². The third-order valence-electron chi connectivity index (χ3n) is 3.20. The Hall–Kier alpha value is -1.55. The Morgan fingerprint density at radius 1 is 1.26 bits per heavy atom. The standard InChI is InChI=1S/C15H17NO2S/c1-9(2)10(3)19-14-11-6-4-5-7-13(11)16-8-12(14)15(17)18/h4-10H,1-3H3,(H,17,18). The summed E-state index contributed by atoms with van der Waals surface area (Å²) in [6, 6.07) is 7.67. The minimum Gasteiger partial charge on any atom is -0.478 e. The number of aromatic nitrogens is 1. The number of hydrogen-bond donors (Lipinski definition) is 1. The summed E-state index contributed by atoms with van der Waals surface area (Å²) in [5.74, 6) is -0.435. The molecule has 0 bridgehead atoms. The number of para-hydroxylation sites is 1.